The molecule has 0 aromatic carbocycles. The van der Waals surface area contributed by atoms with Gasteiger partial charge in [0.2, 0.25) is 0 Å². The minimum absolute atomic E-state index is 0.632. The Morgan fingerprint density at radius 1 is 1.30 bits per heavy atom. The number of piperazine rings is 1. The third kappa shape index (κ3) is 2.19. The fourth-order valence-corrected chi connectivity index (χ4v) is 4.39. The molecule has 2 saturated heterocycles. The smallest absolute Gasteiger partial charge is 0.117 e. The second-order valence-corrected chi connectivity index (χ2v) is 6.74. The molecule has 20 heavy (non-hydrogen) atoms. The van der Waals surface area contributed by atoms with Crippen molar-refractivity contribution in [3.05, 3.63) is 30.4 Å². The number of thioether (sulfide) groups is 1. The molecule has 4 nitrogen and oxygen atoms in total. The molecule has 0 bridgehead atoms. The molecular weight excluding hydrogens is 268 g/mol. The van der Waals surface area contributed by atoms with E-state index < -0.39 is 0 Å². The Hall–Kier alpha value is -1.20. The lowest BCUT2D eigenvalue weighted by molar-refractivity contribution is 0.589. The Kier molecular flexibility index (Phi) is 3.32. The Labute approximate surface area is 123 Å². The van der Waals surface area contributed by atoms with Crippen LogP contribution in [0.4, 0.5) is 5.69 Å². The minimum Gasteiger partial charge on any atom is -0.369 e. The van der Waals surface area contributed by atoms with Crippen molar-refractivity contribution in [2.75, 3.05) is 42.6 Å². The van der Waals surface area contributed by atoms with E-state index in [-0.39, 0.29) is 0 Å². The molecular formula is C15H20N4S. The molecule has 2 aromatic rings. The van der Waals surface area contributed by atoms with Gasteiger partial charge < -0.3 is 14.6 Å². The van der Waals surface area contributed by atoms with E-state index in [0.29, 0.717) is 5.92 Å². The summed E-state index contributed by atoms with van der Waals surface area (Å²) < 4.78 is 2.28. The van der Waals surface area contributed by atoms with Crippen molar-refractivity contribution in [3.63, 3.8) is 0 Å². The van der Waals surface area contributed by atoms with E-state index in [1.54, 1.807) is 0 Å². The van der Waals surface area contributed by atoms with Gasteiger partial charge in [0.15, 0.2) is 0 Å². The van der Waals surface area contributed by atoms with Crippen molar-refractivity contribution in [1.29, 1.82) is 0 Å². The van der Waals surface area contributed by atoms with Gasteiger partial charge in [0.1, 0.15) is 5.82 Å². The van der Waals surface area contributed by atoms with Crippen LogP contribution in [0.15, 0.2) is 24.5 Å². The standard InChI is InChI=1S/C15H20N4S/c1-5-19-14(9-13(1)18-6-3-16-4-7-18)10-17-15(19)12-2-8-20-11-12/h1,5,9-10,12,16H,2-4,6-8,11H2. The molecule has 0 spiro atoms. The summed E-state index contributed by atoms with van der Waals surface area (Å²) in [5.74, 6) is 4.38. The highest BCUT2D eigenvalue weighted by molar-refractivity contribution is 7.99. The predicted molar refractivity (Wildman–Crippen MR) is 85.0 cm³/mol. The molecule has 0 aliphatic carbocycles. The van der Waals surface area contributed by atoms with E-state index in [0.717, 1.165) is 26.2 Å². The van der Waals surface area contributed by atoms with E-state index >= 15 is 0 Å². The third-order valence-corrected chi connectivity index (χ3v) is 5.48. The van der Waals surface area contributed by atoms with Crippen LogP contribution >= 0.6 is 11.8 Å². The molecule has 4 heterocycles. The Balaban J connectivity index is 1.66. The van der Waals surface area contributed by atoms with Crippen LogP contribution in [0.3, 0.4) is 0 Å². The van der Waals surface area contributed by atoms with Gasteiger partial charge in [-0.15, -0.1) is 0 Å². The van der Waals surface area contributed by atoms with Crippen LogP contribution in [0.5, 0.6) is 0 Å². The van der Waals surface area contributed by atoms with Crippen LogP contribution in [-0.4, -0.2) is 47.1 Å². The number of anilines is 1. The van der Waals surface area contributed by atoms with Gasteiger partial charge in [-0.3, -0.25) is 0 Å². The first-order valence-corrected chi connectivity index (χ1v) is 8.58. The molecule has 1 atom stereocenters. The molecule has 1 N–H and O–H groups in total. The summed E-state index contributed by atoms with van der Waals surface area (Å²) in [6.45, 7) is 4.34. The first-order chi connectivity index (χ1) is 9.92. The highest BCUT2D eigenvalue weighted by atomic mass is 32.2. The maximum Gasteiger partial charge on any atom is 0.117 e. The number of pyridine rings is 1. The molecule has 4 rings (SSSR count). The Morgan fingerprint density at radius 3 is 3.00 bits per heavy atom. The van der Waals surface area contributed by atoms with E-state index in [1.165, 1.54) is 35.0 Å². The molecule has 2 aromatic heterocycles. The lowest BCUT2D eigenvalue weighted by atomic mass is 10.1. The maximum atomic E-state index is 4.68. The summed E-state index contributed by atoms with van der Waals surface area (Å²) in [6, 6.07) is 4.52. The zero-order valence-electron chi connectivity index (χ0n) is 11.6. The van der Waals surface area contributed by atoms with E-state index in [9.17, 15) is 0 Å². The number of imidazole rings is 1. The zero-order valence-corrected chi connectivity index (χ0v) is 12.4. The second kappa shape index (κ2) is 5.30. The quantitative estimate of drug-likeness (QED) is 0.916. The summed E-state index contributed by atoms with van der Waals surface area (Å²) in [5, 5.41) is 3.40. The molecule has 2 fully saturated rings. The van der Waals surface area contributed by atoms with Gasteiger partial charge in [-0.2, -0.15) is 11.8 Å². The molecule has 0 amide bonds. The Bertz CT molecular complexity index is 597. The molecule has 1 unspecified atom stereocenters. The van der Waals surface area contributed by atoms with Gasteiger partial charge in [-0.25, -0.2) is 4.98 Å². The van der Waals surface area contributed by atoms with Crippen LogP contribution in [0.1, 0.15) is 18.2 Å². The van der Waals surface area contributed by atoms with E-state index in [1.807, 2.05) is 18.0 Å². The average molecular weight is 288 g/mol. The van der Waals surface area contributed by atoms with Crippen molar-refractivity contribution in [1.82, 2.24) is 14.7 Å². The fourth-order valence-electron chi connectivity index (χ4n) is 3.17. The number of nitrogens with zero attached hydrogens (tertiary/aromatic N) is 3. The van der Waals surface area contributed by atoms with Gasteiger partial charge in [-0.1, -0.05) is 0 Å². The number of rotatable bonds is 2. The highest BCUT2D eigenvalue weighted by Crippen LogP contribution is 2.32. The maximum absolute atomic E-state index is 4.68. The van der Waals surface area contributed by atoms with Crippen molar-refractivity contribution >= 4 is 23.0 Å². The van der Waals surface area contributed by atoms with Crippen molar-refractivity contribution in [2.24, 2.45) is 0 Å². The van der Waals surface area contributed by atoms with Crippen LogP contribution < -0.4 is 10.2 Å². The van der Waals surface area contributed by atoms with Crippen LogP contribution in [0, 0.1) is 0 Å². The largest absolute Gasteiger partial charge is 0.369 e. The fraction of sp³-hybridized carbons (Fsp3) is 0.533. The molecule has 2 aliphatic rings. The molecule has 5 heteroatoms. The first-order valence-electron chi connectivity index (χ1n) is 7.42. The van der Waals surface area contributed by atoms with Crippen LogP contribution in [-0.2, 0) is 0 Å². The zero-order chi connectivity index (χ0) is 13.4. The lowest BCUT2D eigenvalue weighted by Gasteiger charge is -2.29. The second-order valence-electron chi connectivity index (χ2n) is 5.59. The van der Waals surface area contributed by atoms with Crippen LogP contribution in [0.25, 0.3) is 5.52 Å². The van der Waals surface area contributed by atoms with Crippen LogP contribution in [0.2, 0.25) is 0 Å². The monoisotopic (exact) mass is 288 g/mol. The minimum atomic E-state index is 0.632. The normalized spacial score (nSPS) is 23.6. The summed E-state index contributed by atoms with van der Waals surface area (Å²) in [4.78, 5) is 7.14. The SMILES string of the molecule is c1cn2c(C3CCSC3)ncc2cc1N1CCNCC1. The van der Waals surface area contributed by atoms with Gasteiger partial charge in [-0.05, 0) is 24.3 Å². The van der Waals surface area contributed by atoms with E-state index in [4.69, 9.17) is 0 Å². The van der Waals surface area contributed by atoms with Crippen molar-refractivity contribution < 1.29 is 0 Å². The summed E-state index contributed by atoms with van der Waals surface area (Å²) >= 11 is 2.05. The molecule has 106 valence electrons. The van der Waals surface area contributed by atoms with Gasteiger partial charge in [0.05, 0.1) is 11.7 Å². The summed E-state index contributed by atoms with van der Waals surface area (Å²) in [6.07, 6.45) is 5.51. The third-order valence-electron chi connectivity index (χ3n) is 4.32. The van der Waals surface area contributed by atoms with Gasteiger partial charge in [0, 0.05) is 49.7 Å². The highest BCUT2D eigenvalue weighted by Gasteiger charge is 2.22. The number of fused-ring (bicyclic) bond motifs is 1. The van der Waals surface area contributed by atoms with Gasteiger partial charge >= 0.3 is 0 Å². The van der Waals surface area contributed by atoms with Crippen molar-refractivity contribution in [2.45, 2.75) is 12.3 Å². The van der Waals surface area contributed by atoms with E-state index in [2.05, 4.69) is 37.9 Å². The molecule has 2 aliphatic heterocycles. The number of aromatic nitrogens is 2. The average Bonchev–Trinajstić information content (AvgIpc) is 3.16. The topological polar surface area (TPSA) is 32.6 Å². The van der Waals surface area contributed by atoms with Crippen molar-refractivity contribution in [3.8, 4) is 0 Å². The predicted octanol–water partition coefficient (Wildman–Crippen LogP) is 1.96. The Morgan fingerprint density at radius 2 is 2.20 bits per heavy atom. The lowest BCUT2D eigenvalue weighted by Crippen LogP contribution is -2.43. The number of hydrogen-bond acceptors (Lipinski definition) is 4. The molecule has 0 saturated carbocycles. The number of nitrogens with one attached hydrogen (secondary N) is 1. The number of hydrogen-bond donors (Lipinski definition) is 1. The van der Waals surface area contributed by atoms with Gasteiger partial charge in [0.25, 0.3) is 0 Å². The molecule has 0 radical (unpaired) electrons. The summed E-state index contributed by atoms with van der Waals surface area (Å²) in [7, 11) is 0. The first kappa shape index (κ1) is 12.5. The summed E-state index contributed by atoms with van der Waals surface area (Å²) in [5.41, 5.74) is 2.55.